The molecule has 0 saturated carbocycles. The van der Waals surface area contributed by atoms with E-state index in [4.69, 9.17) is 11.0 Å². The van der Waals surface area contributed by atoms with Crippen LogP contribution in [0.15, 0.2) is 17.0 Å². The van der Waals surface area contributed by atoms with E-state index in [0.717, 1.165) is 16.4 Å². The van der Waals surface area contributed by atoms with Crippen molar-refractivity contribution in [2.24, 2.45) is 0 Å². The maximum absolute atomic E-state index is 13.8. The fourth-order valence-corrected chi connectivity index (χ4v) is 2.96. The molecule has 1 unspecified atom stereocenters. The molecule has 0 aliphatic heterocycles. The molecule has 0 aliphatic carbocycles. The van der Waals surface area contributed by atoms with E-state index in [9.17, 15) is 12.8 Å². The highest BCUT2D eigenvalue weighted by Gasteiger charge is 2.28. The number of rotatable bonds is 4. The largest absolute Gasteiger partial charge is 0.398 e. The fraction of sp³-hybridized carbons (Fsp3) is 0.417. The second-order valence-electron chi connectivity index (χ2n) is 4.37. The third kappa shape index (κ3) is 3.03. The number of nitriles is 1. The van der Waals surface area contributed by atoms with E-state index >= 15 is 0 Å². The first kappa shape index (κ1) is 15.4. The highest BCUT2D eigenvalue weighted by Crippen LogP contribution is 2.25. The van der Waals surface area contributed by atoms with Crippen molar-refractivity contribution in [3.8, 4) is 6.07 Å². The van der Waals surface area contributed by atoms with Crippen LogP contribution in [-0.4, -0.2) is 25.8 Å². The van der Waals surface area contributed by atoms with Gasteiger partial charge < -0.3 is 5.73 Å². The number of halogens is 1. The summed E-state index contributed by atoms with van der Waals surface area (Å²) in [4.78, 5) is -0.470. The zero-order valence-electron chi connectivity index (χ0n) is 11.0. The third-order valence-electron chi connectivity index (χ3n) is 2.99. The van der Waals surface area contributed by atoms with Crippen LogP contribution < -0.4 is 5.73 Å². The van der Waals surface area contributed by atoms with Gasteiger partial charge in [-0.1, -0.05) is 0 Å². The Morgan fingerprint density at radius 3 is 2.63 bits per heavy atom. The zero-order valence-corrected chi connectivity index (χ0v) is 11.8. The summed E-state index contributed by atoms with van der Waals surface area (Å²) in [5.41, 5.74) is 6.30. The van der Waals surface area contributed by atoms with Crippen molar-refractivity contribution in [3.05, 3.63) is 23.5 Å². The van der Waals surface area contributed by atoms with E-state index in [0.29, 0.717) is 5.56 Å². The van der Waals surface area contributed by atoms with Gasteiger partial charge in [0.15, 0.2) is 0 Å². The number of benzene rings is 1. The number of aryl methyl sites for hydroxylation is 1. The predicted octanol–water partition coefficient (Wildman–Crippen LogP) is 1.64. The number of hydrogen-bond acceptors (Lipinski definition) is 4. The quantitative estimate of drug-likeness (QED) is 0.852. The summed E-state index contributed by atoms with van der Waals surface area (Å²) in [6, 6.07) is 3.53. The van der Waals surface area contributed by atoms with Crippen LogP contribution in [0.5, 0.6) is 0 Å². The first-order chi connectivity index (χ1) is 8.71. The minimum absolute atomic E-state index is 0.0265. The van der Waals surface area contributed by atoms with E-state index in [2.05, 4.69) is 0 Å². The number of anilines is 1. The van der Waals surface area contributed by atoms with Crippen molar-refractivity contribution in [1.29, 1.82) is 5.26 Å². The van der Waals surface area contributed by atoms with Crippen molar-refractivity contribution in [2.75, 3.05) is 12.8 Å². The molecule has 1 aromatic rings. The van der Waals surface area contributed by atoms with Gasteiger partial charge in [0.2, 0.25) is 10.0 Å². The molecule has 104 valence electrons. The molecule has 0 spiro atoms. The lowest BCUT2D eigenvalue weighted by Gasteiger charge is -2.23. The molecule has 1 aromatic carbocycles. The number of nitrogen functional groups attached to an aromatic ring is 1. The van der Waals surface area contributed by atoms with Gasteiger partial charge in [-0.15, -0.1) is 0 Å². The number of sulfonamides is 1. The van der Waals surface area contributed by atoms with Crippen LogP contribution in [0.4, 0.5) is 10.1 Å². The average Bonchev–Trinajstić information content (AvgIpc) is 2.32. The SMILES string of the molecule is Cc1cc(F)c(S(=O)(=O)N(C)C(C)CC#N)cc1N. The van der Waals surface area contributed by atoms with Gasteiger partial charge in [0, 0.05) is 18.8 Å². The van der Waals surface area contributed by atoms with Gasteiger partial charge in [0.1, 0.15) is 10.7 Å². The van der Waals surface area contributed by atoms with Crippen molar-refractivity contribution in [3.63, 3.8) is 0 Å². The zero-order chi connectivity index (χ0) is 14.8. The van der Waals surface area contributed by atoms with Gasteiger partial charge in [-0.05, 0) is 31.5 Å². The molecule has 0 aliphatic rings. The van der Waals surface area contributed by atoms with Crippen LogP contribution in [0.1, 0.15) is 18.9 Å². The molecule has 7 heteroatoms. The summed E-state index contributed by atoms with van der Waals surface area (Å²) >= 11 is 0. The lowest BCUT2D eigenvalue weighted by molar-refractivity contribution is 0.390. The molecular weight excluding hydrogens is 269 g/mol. The topological polar surface area (TPSA) is 87.2 Å². The summed E-state index contributed by atoms with van der Waals surface area (Å²) in [6.07, 6.45) is 0.0265. The van der Waals surface area contributed by atoms with E-state index < -0.39 is 26.8 Å². The Morgan fingerprint density at radius 2 is 2.11 bits per heavy atom. The Labute approximate surface area is 112 Å². The molecule has 0 fully saturated rings. The van der Waals surface area contributed by atoms with E-state index in [1.807, 2.05) is 6.07 Å². The van der Waals surface area contributed by atoms with Crippen molar-refractivity contribution < 1.29 is 12.8 Å². The van der Waals surface area contributed by atoms with Gasteiger partial charge in [0.25, 0.3) is 0 Å². The van der Waals surface area contributed by atoms with Crippen LogP contribution in [0.25, 0.3) is 0 Å². The molecule has 0 saturated heterocycles. The van der Waals surface area contributed by atoms with E-state index in [-0.39, 0.29) is 12.1 Å². The maximum atomic E-state index is 13.8. The van der Waals surface area contributed by atoms with Gasteiger partial charge in [-0.3, -0.25) is 0 Å². The summed E-state index contributed by atoms with van der Waals surface area (Å²) in [6.45, 7) is 3.17. The van der Waals surface area contributed by atoms with Gasteiger partial charge in [0.05, 0.1) is 12.5 Å². The molecule has 1 atom stereocenters. The Hall–Kier alpha value is -1.65. The first-order valence-corrected chi connectivity index (χ1v) is 7.06. The Balaban J connectivity index is 3.29. The molecule has 0 heterocycles. The Morgan fingerprint density at radius 1 is 1.53 bits per heavy atom. The molecule has 1 rings (SSSR count). The lowest BCUT2D eigenvalue weighted by Crippen LogP contribution is -2.35. The van der Waals surface area contributed by atoms with Gasteiger partial charge in [-0.2, -0.15) is 9.57 Å². The standard InChI is InChI=1S/C12H16FN3O2S/c1-8-6-10(13)12(7-11(8)15)19(17,18)16(3)9(2)4-5-14/h6-7,9H,4,15H2,1-3H3. The molecule has 5 nitrogen and oxygen atoms in total. The molecule has 19 heavy (non-hydrogen) atoms. The monoisotopic (exact) mass is 285 g/mol. The summed E-state index contributed by atoms with van der Waals surface area (Å²) in [5.74, 6) is -0.845. The molecule has 2 N–H and O–H groups in total. The van der Waals surface area contributed by atoms with E-state index in [1.165, 1.54) is 7.05 Å². The molecule has 0 amide bonds. The van der Waals surface area contributed by atoms with Gasteiger partial charge in [-0.25, -0.2) is 12.8 Å². The molecular formula is C12H16FN3O2S. The number of nitrogens with zero attached hydrogens (tertiary/aromatic N) is 2. The maximum Gasteiger partial charge on any atom is 0.246 e. The summed E-state index contributed by atoms with van der Waals surface area (Å²) in [7, 11) is -2.69. The summed E-state index contributed by atoms with van der Waals surface area (Å²) < 4.78 is 39.3. The number of nitrogens with two attached hydrogens (primary N) is 1. The van der Waals surface area contributed by atoms with Crippen LogP contribution in [0.2, 0.25) is 0 Å². The van der Waals surface area contributed by atoms with Gasteiger partial charge >= 0.3 is 0 Å². The Bertz CT molecular complexity index is 623. The summed E-state index contributed by atoms with van der Waals surface area (Å²) in [5, 5.41) is 8.59. The highest BCUT2D eigenvalue weighted by atomic mass is 32.2. The predicted molar refractivity (Wildman–Crippen MR) is 70.2 cm³/mol. The van der Waals surface area contributed by atoms with Crippen LogP contribution in [0, 0.1) is 24.1 Å². The molecule has 0 bridgehead atoms. The van der Waals surface area contributed by atoms with Crippen molar-refractivity contribution in [2.45, 2.75) is 31.2 Å². The lowest BCUT2D eigenvalue weighted by atomic mass is 10.2. The first-order valence-electron chi connectivity index (χ1n) is 5.62. The van der Waals surface area contributed by atoms with Crippen molar-refractivity contribution in [1.82, 2.24) is 4.31 Å². The minimum atomic E-state index is -4.00. The Kier molecular flexibility index (Phi) is 4.50. The second kappa shape index (κ2) is 5.55. The highest BCUT2D eigenvalue weighted by molar-refractivity contribution is 7.89. The fourth-order valence-electron chi connectivity index (χ4n) is 1.52. The normalized spacial score (nSPS) is 13.3. The third-order valence-corrected chi connectivity index (χ3v) is 4.97. The number of hydrogen-bond donors (Lipinski definition) is 1. The smallest absolute Gasteiger partial charge is 0.246 e. The van der Waals surface area contributed by atoms with E-state index in [1.54, 1.807) is 13.8 Å². The minimum Gasteiger partial charge on any atom is -0.398 e. The van der Waals surface area contributed by atoms with Crippen molar-refractivity contribution >= 4 is 15.7 Å². The molecule has 0 aromatic heterocycles. The second-order valence-corrected chi connectivity index (χ2v) is 6.34. The van der Waals surface area contributed by atoms with Crippen LogP contribution in [0.3, 0.4) is 0 Å². The molecule has 0 radical (unpaired) electrons. The van der Waals surface area contributed by atoms with Crippen LogP contribution >= 0.6 is 0 Å². The average molecular weight is 285 g/mol. The van der Waals surface area contributed by atoms with Crippen LogP contribution in [-0.2, 0) is 10.0 Å².